The first kappa shape index (κ1) is 12.9. The number of benzene rings is 1. The second-order valence-electron chi connectivity index (χ2n) is 5.20. The molecule has 106 valence electrons. The number of fused-ring (bicyclic) bond motifs is 2. The molecule has 0 aromatic heterocycles. The molecule has 0 saturated carbocycles. The molecule has 2 aliphatic heterocycles. The Morgan fingerprint density at radius 3 is 2.80 bits per heavy atom. The van der Waals surface area contributed by atoms with E-state index in [0.717, 1.165) is 19.3 Å². The van der Waals surface area contributed by atoms with E-state index in [1.807, 2.05) is 0 Å². The molecule has 2 heterocycles. The zero-order valence-electron chi connectivity index (χ0n) is 10.8. The number of anilines is 1. The van der Waals surface area contributed by atoms with Crippen molar-refractivity contribution in [1.29, 1.82) is 0 Å². The van der Waals surface area contributed by atoms with Gasteiger partial charge in [-0.25, -0.2) is 9.59 Å². The molecule has 2 saturated heterocycles. The molecule has 6 nitrogen and oxygen atoms in total. The Balaban J connectivity index is 1.59. The highest BCUT2D eigenvalue weighted by Crippen LogP contribution is 2.34. The van der Waals surface area contributed by atoms with Crippen LogP contribution in [0, 0.1) is 0 Å². The molecule has 3 rings (SSSR count). The van der Waals surface area contributed by atoms with E-state index in [0.29, 0.717) is 5.69 Å². The molecule has 2 bridgehead atoms. The summed E-state index contributed by atoms with van der Waals surface area (Å²) >= 11 is 0. The highest BCUT2D eigenvalue weighted by Gasteiger charge is 2.41. The summed E-state index contributed by atoms with van der Waals surface area (Å²) in [5.74, 6) is -1.02. The molecule has 0 spiro atoms. The zero-order chi connectivity index (χ0) is 14.1. The lowest BCUT2D eigenvalue weighted by Crippen LogP contribution is -2.43. The third-order valence-corrected chi connectivity index (χ3v) is 3.79. The van der Waals surface area contributed by atoms with Crippen LogP contribution in [0.2, 0.25) is 0 Å². The Kier molecular flexibility index (Phi) is 3.31. The number of carbonyl (C=O) groups is 2. The van der Waals surface area contributed by atoms with E-state index in [-0.39, 0.29) is 29.8 Å². The SMILES string of the molecule is O=C(Nc1cccc(C(=O)O)c1)NC1CC2CCC1O2. The Bertz CT molecular complexity index is 546. The van der Waals surface area contributed by atoms with E-state index < -0.39 is 5.97 Å². The number of aromatic carboxylic acids is 1. The highest BCUT2D eigenvalue weighted by molar-refractivity contribution is 5.93. The van der Waals surface area contributed by atoms with Gasteiger partial charge in [-0.15, -0.1) is 0 Å². The van der Waals surface area contributed by atoms with Gasteiger partial charge in [0.25, 0.3) is 0 Å². The summed E-state index contributed by atoms with van der Waals surface area (Å²) in [7, 11) is 0. The fourth-order valence-electron chi connectivity index (χ4n) is 2.86. The lowest BCUT2D eigenvalue weighted by Gasteiger charge is -2.20. The number of rotatable bonds is 3. The van der Waals surface area contributed by atoms with Gasteiger partial charge in [-0.1, -0.05) is 6.07 Å². The molecule has 1 aromatic carbocycles. The minimum Gasteiger partial charge on any atom is -0.478 e. The molecule has 3 atom stereocenters. The van der Waals surface area contributed by atoms with Crippen molar-refractivity contribution in [2.75, 3.05) is 5.32 Å². The van der Waals surface area contributed by atoms with Crippen LogP contribution >= 0.6 is 0 Å². The summed E-state index contributed by atoms with van der Waals surface area (Å²) in [5, 5.41) is 14.4. The van der Waals surface area contributed by atoms with Crippen LogP contribution in [-0.2, 0) is 4.74 Å². The maximum Gasteiger partial charge on any atom is 0.335 e. The maximum atomic E-state index is 11.9. The van der Waals surface area contributed by atoms with Gasteiger partial charge in [-0.2, -0.15) is 0 Å². The third kappa shape index (κ3) is 2.60. The number of carbonyl (C=O) groups excluding carboxylic acids is 1. The molecule has 20 heavy (non-hydrogen) atoms. The van der Waals surface area contributed by atoms with Gasteiger partial charge in [0.05, 0.1) is 23.8 Å². The number of urea groups is 1. The molecule has 6 heteroatoms. The van der Waals surface area contributed by atoms with E-state index in [2.05, 4.69) is 10.6 Å². The maximum absolute atomic E-state index is 11.9. The fraction of sp³-hybridized carbons (Fsp3) is 0.429. The van der Waals surface area contributed by atoms with Crippen LogP contribution in [0.25, 0.3) is 0 Å². The number of nitrogens with one attached hydrogen (secondary N) is 2. The average Bonchev–Trinajstić information content (AvgIpc) is 3.01. The Morgan fingerprint density at radius 1 is 1.30 bits per heavy atom. The van der Waals surface area contributed by atoms with Crippen LogP contribution in [0.3, 0.4) is 0 Å². The van der Waals surface area contributed by atoms with Gasteiger partial charge in [-0.3, -0.25) is 0 Å². The van der Waals surface area contributed by atoms with E-state index in [1.54, 1.807) is 12.1 Å². The van der Waals surface area contributed by atoms with Crippen molar-refractivity contribution >= 4 is 17.7 Å². The van der Waals surface area contributed by atoms with Crippen molar-refractivity contribution in [1.82, 2.24) is 5.32 Å². The predicted octanol–water partition coefficient (Wildman–Crippen LogP) is 1.83. The average molecular weight is 276 g/mol. The van der Waals surface area contributed by atoms with Crippen LogP contribution in [0.4, 0.5) is 10.5 Å². The van der Waals surface area contributed by atoms with E-state index in [9.17, 15) is 9.59 Å². The first-order valence-corrected chi connectivity index (χ1v) is 6.68. The van der Waals surface area contributed by atoms with Gasteiger partial charge in [0.1, 0.15) is 0 Å². The van der Waals surface area contributed by atoms with Crippen molar-refractivity contribution < 1.29 is 19.4 Å². The van der Waals surface area contributed by atoms with E-state index in [1.165, 1.54) is 12.1 Å². The summed E-state index contributed by atoms with van der Waals surface area (Å²) < 4.78 is 5.67. The van der Waals surface area contributed by atoms with Gasteiger partial charge < -0.3 is 20.5 Å². The van der Waals surface area contributed by atoms with Crippen molar-refractivity contribution in [3.63, 3.8) is 0 Å². The lowest BCUT2D eigenvalue weighted by atomic mass is 9.96. The monoisotopic (exact) mass is 276 g/mol. The molecule has 0 aliphatic carbocycles. The van der Waals surface area contributed by atoms with Crippen LogP contribution < -0.4 is 10.6 Å². The van der Waals surface area contributed by atoms with Crippen molar-refractivity contribution in [3.8, 4) is 0 Å². The van der Waals surface area contributed by atoms with Crippen molar-refractivity contribution in [3.05, 3.63) is 29.8 Å². The number of hydrogen-bond acceptors (Lipinski definition) is 3. The number of carboxylic acid groups (broad SMARTS) is 1. The fourth-order valence-corrected chi connectivity index (χ4v) is 2.86. The second kappa shape index (κ2) is 5.13. The number of carboxylic acids is 1. The number of hydrogen-bond donors (Lipinski definition) is 3. The third-order valence-electron chi connectivity index (χ3n) is 3.79. The van der Waals surface area contributed by atoms with Gasteiger partial charge in [0.15, 0.2) is 0 Å². The molecule has 1 aromatic rings. The van der Waals surface area contributed by atoms with Crippen molar-refractivity contribution in [2.45, 2.75) is 37.5 Å². The topological polar surface area (TPSA) is 87.7 Å². The summed E-state index contributed by atoms with van der Waals surface area (Å²) in [6, 6.07) is 5.89. The molecule has 2 fully saturated rings. The van der Waals surface area contributed by atoms with E-state index >= 15 is 0 Å². The molecule has 2 aliphatic rings. The predicted molar refractivity (Wildman–Crippen MR) is 71.9 cm³/mol. The Labute approximate surface area is 116 Å². The first-order valence-electron chi connectivity index (χ1n) is 6.68. The largest absolute Gasteiger partial charge is 0.478 e. The molecule has 3 unspecified atom stereocenters. The van der Waals surface area contributed by atoms with Gasteiger partial charge in [0.2, 0.25) is 0 Å². The highest BCUT2D eigenvalue weighted by atomic mass is 16.5. The number of ether oxygens (including phenoxy) is 1. The molecule has 2 amide bonds. The molecular formula is C14H16N2O4. The van der Waals surface area contributed by atoms with Crippen molar-refractivity contribution in [2.24, 2.45) is 0 Å². The zero-order valence-corrected chi connectivity index (χ0v) is 10.8. The molecular weight excluding hydrogens is 260 g/mol. The summed E-state index contributed by atoms with van der Waals surface area (Å²) in [4.78, 5) is 22.8. The second-order valence-corrected chi connectivity index (χ2v) is 5.20. The van der Waals surface area contributed by atoms with E-state index in [4.69, 9.17) is 9.84 Å². The van der Waals surface area contributed by atoms with Crippen LogP contribution in [0.15, 0.2) is 24.3 Å². The minimum atomic E-state index is -1.02. The summed E-state index contributed by atoms with van der Waals surface area (Å²) in [6.07, 6.45) is 3.32. The van der Waals surface area contributed by atoms with Crippen LogP contribution in [0.5, 0.6) is 0 Å². The van der Waals surface area contributed by atoms with Gasteiger partial charge in [-0.05, 0) is 37.5 Å². The van der Waals surface area contributed by atoms with Gasteiger partial charge >= 0.3 is 12.0 Å². The summed E-state index contributed by atoms with van der Waals surface area (Å²) in [5.41, 5.74) is 0.609. The van der Waals surface area contributed by atoms with Crippen LogP contribution in [-0.4, -0.2) is 35.4 Å². The summed E-state index contributed by atoms with van der Waals surface area (Å²) in [6.45, 7) is 0. The minimum absolute atomic E-state index is 0.0522. The lowest BCUT2D eigenvalue weighted by molar-refractivity contribution is 0.0697. The standard InChI is InChI=1S/C14H16N2O4/c17-13(18)8-2-1-3-9(6-8)15-14(19)16-11-7-10-4-5-12(11)20-10/h1-3,6,10-12H,4-5,7H2,(H,17,18)(H2,15,16,19). The Hall–Kier alpha value is -2.08. The first-order chi connectivity index (χ1) is 9.61. The number of amides is 2. The molecule has 0 radical (unpaired) electrons. The Morgan fingerprint density at radius 2 is 2.15 bits per heavy atom. The van der Waals surface area contributed by atoms with Crippen LogP contribution in [0.1, 0.15) is 29.6 Å². The van der Waals surface area contributed by atoms with Gasteiger partial charge in [0, 0.05) is 5.69 Å². The quantitative estimate of drug-likeness (QED) is 0.786. The smallest absolute Gasteiger partial charge is 0.335 e. The molecule has 3 N–H and O–H groups in total. The normalized spacial score (nSPS) is 27.3.